The number of carbonyl (C=O) groups is 2. The lowest BCUT2D eigenvalue weighted by Gasteiger charge is -2.18. The minimum atomic E-state index is -0.235. The largest absolute Gasteiger partial charge is 0.465 e. The standard InChI is InChI=1S/C24H46O5/c1-5-7-9-12-16-22(17-13-10-8-6-2)29-23(25)18-14-11-15-19-28-24(26)21(3)20-27-4/h21-22H,5-20H2,1-4H3. The molecule has 0 spiro atoms. The number of hydrogen-bond acceptors (Lipinski definition) is 5. The molecule has 0 rings (SSSR count). The van der Waals surface area contributed by atoms with Crippen molar-refractivity contribution in [2.75, 3.05) is 20.3 Å². The zero-order chi connectivity index (χ0) is 21.7. The lowest BCUT2D eigenvalue weighted by atomic mass is 10.0. The highest BCUT2D eigenvalue weighted by atomic mass is 16.5. The highest BCUT2D eigenvalue weighted by Gasteiger charge is 2.15. The molecule has 0 saturated heterocycles. The molecule has 0 radical (unpaired) electrons. The van der Waals surface area contributed by atoms with Crippen molar-refractivity contribution >= 4 is 11.9 Å². The second kappa shape index (κ2) is 20.2. The molecule has 0 aromatic heterocycles. The molecular formula is C24H46O5. The summed E-state index contributed by atoms with van der Waals surface area (Å²) in [6.45, 7) is 7.00. The Hall–Kier alpha value is -1.10. The number of unbranched alkanes of at least 4 members (excludes halogenated alkanes) is 8. The summed E-state index contributed by atoms with van der Waals surface area (Å²) in [6.07, 6.45) is 14.6. The molecule has 5 heteroatoms. The van der Waals surface area contributed by atoms with E-state index in [1.165, 1.54) is 38.5 Å². The third-order valence-electron chi connectivity index (χ3n) is 5.15. The Balaban J connectivity index is 3.95. The Bertz CT molecular complexity index is 385. The molecule has 0 saturated carbocycles. The molecule has 172 valence electrons. The average Bonchev–Trinajstić information content (AvgIpc) is 2.70. The molecule has 5 nitrogen and oxygen atoms in total. The van der Waals surface area contributed by atoms with Gasteiger partial charge < -0.3 is 14.2 Å². The second-order valence-corrected chi connectivity index (χ2v) is 8.15. The summed E-state index contributed by atoms with van der Waals surface area (Å²) >= 11 is 0. The molecule has 0 aromatic rings. The predicted molar refractivity (Wildman–Crippen MR) is 118 cm³/mol. The van der Waals surface area contributed by atoms with Gasteiger partial charge in [-0.25, -0.2) is 0 Å². The molecule has 0 heterocycles. The summed E-state index contributed by atoms with van der Waals surface area (Å²) in [7, 11) is 1.57. The quantitative estimate of drug-likeness (QED) is 0.175. The molecule has 29 heavy (non-hydrogen) atoms. The van der Waals surface area contributed by atoms with E-state index in [1.54, 1.807) is 14.0 Å². The van der Waals surface area contributed by atoms with Crippen LogP contribution in [0.5, 0.6) is 0 Å². The molecule has 0 N–H and O–H groups in total. The normalized spacial score (nSPS) is 12.2. The fraction of sp³-hybridized carbons (Fsp3) is 0.917. The Morgan fingerprint density at radius 1 is 0.793 bits per heavy atom. The smallest absolute Gasteiger partial charge is 0.310 e. The Morgan fingerprint density at radius 3 is 1.93 bits per heavy atom. The first-order chi connectivity index (χ1) is 14.0. The number of methoxy groups -OCH3 is 1. The highest BCUT2D eigenvalue weighted by molar-refractivity contribution is 5.72. The topological polar surface area (TPSA) is 61.8 Å². The van der Waals surface area contributed by atoms with Gasteiger partial charge in [0.05, 0.1) is 19.1 Å². The summed E-state index contributed by atoms with van der Waals surface area (Å²) in [5.41, 5.74) is 0. The van der Waals surface area contributed by atoms with Crippen LogP contribution >= 0.6 is 0 Å². The first-order valence-corrected chi connectivity index (χ1v) is 11.9. The molecule has 0 aliphatic rings. The lowest BCUT2D eigenvalue weighted by molar-refractivity contribution is -0.151. The summed E-state index contributed by atoms with van der Waals surface area (Å²) in [5.74, 6) is -0.534. The summed E-state index contributed by atoms with van der Waals surface area (Å²) in [6, 6.07) is 0. The number of carbonyl (C=O) groups excluding carboxylic acids is 2. The molecule has 0 bridgehead atoms. The van der Waals surface area contributed by atoms with Gasteiger partial charge in [0.15, 0.2) is 0 Å². The van der Waals surface area contributed by atoms with Crippen LogP contribution in [0.15, 0.2) is 0 Å². The molecular weight excluding hydrogens is 368 g/mol. The van der Waals surface area contributed by atoms with E-state index in [0.29, 0.717) is 19.6 Å². The summed E-state index contributed by atoms with van der Waals surface area (Å²) < 4.78 is 15.9. The van der Waals surface area contributed by atoms with Crippen LogP contribution in [-0.4, -0.2) is 38.4 Å². The van der Waals surface area contributed by atoms with E-state index < -0.39 is 0 Å². The van der Waals surface area contributed by atoms with Crippen LogP contribution in [0.1, 0.15) is 111 Å². The zero-order valence-electron chi connectivity index (χ0n) is 19.5. The van der Waals surface area contributed by atoms with Gasteiger partial charge in [0, 0.05) is 13.5 Å². The minimum absolute atomic E-state index is 0.0771. The van der Waals surface area contributed by atoms with E-state index >= 15 is 0 Å². The monoisotopic (exact) mass is 414 g/mol. The Morgan fingerprint density at radius 2 is 1.38 bits per heavy atom. The van der Waals surface area contributed by atoms with Gasteiger partial charge >= 0.3 is 11.9 Å². The number of hydrogen-bond donors (Lipinski definition) is 0. The number of rotatable bonds is 20. The fourth-order valence-electron chi connectivity index (χ4n) is 3.29. The molecule has 0 aliphatic heterocycles. The maximum atomic E-state index is 12.2. The van der Waals surface area contributed by atoms with Gasteiger partial charge in [-0.3, -0.25) is 9.59 Å². The minimum Gasteiger partial charge on any atom is -0.465 e. The maximum absolute atomic E-state index is 12.2. The van der Waals surface area contributed by atoms with Crippen LogP contribution in [0.4, 0.5) is 0 Å². The lowest BCUT2D eigenvalue weighted by Crippen LogP contribution is -2.19. The van der Waals surface area contributed by atoms with Crippen molar-refractivity contribution in [1.29, 1.82) is 0 Å². The van der Waals surface area contributed by atoms with Gasteiger partial charge in [0.2, 0.25) is 0 Å². The van der Waals surface area contributed by atoms with Crippen molar-refractivity contribution in [2.24, 2.45) is 5.92 Å². The van der Waals surface area contributed by atoms with Crippen LogP contribution in [0.3, 0.4) is 0 Å². The van der Waals surface area contributed by atoms with Crippen molar-refractivity contribution in [1.82, 2.24) is 0 Å². The molecule has 0 aliphatic carbocycles. The molecule has 0 aromatic carbocycles. The van der Waals surface area contributed by atoms with Gasteiger partial charge in [-0.1, -0.05) is 52.4 Å². The van der Waals surface area contributed by atoms with Gasteiger partial charge in [0.25, 0.3) is 0 Å². The number of ether oxygens (including phenoxy) is 3. The van der Waals surface area contributed by atoms with Crippen molar-refractivity contribution in [3.63, 3.8) is 0 Å². The summed E-state index contributed by atoms with van der Waals surface area (Å²) in [5, 5.41) is 0. The fourth-order valence-corrected chi connectivity index (χ4v) is 3.29. The molecule has 1 unspecified atom stereocenters. The first kappa shape index (κ1) is 27.9. The van der Waals surface area contributed by atoms with E-state index in [9.17, 15) is 9.59 Å². The Kier molecular flexibility index (Phi) is 19.4. The van der Waals surface area contributed by atoms with Crippen LogP contribution in [-0.2, 0) is 23.8 Å². The van der Waals surface area contributed by atoms with Crippen molar-refractivity contribution in [3.05, 3.63) is 0 Å². The highest BCUT2D eigenvalue weighted by Crippen LogP contribution is 2.17. The molecule has 1 atom stereocenters. The van der Waals surface area contributed by atoms with Gasteiger partial charge in [-0.15, -0.1) is 0 Å². The SMILES string of the molecule is CCCCCCC(CCCCCC)OC(=O)CCCCCOC(=O)C(C)COC. The summed E-state index contributed by atoms with van der Waals surface area (Å²) in [4.78, 5) is 23.9. The van der Waals surface area contributed by atoms with Gasteiger partial charge in [-0.05, 0) is 51.9 Å². The van der Waals surface area contributed by atoms with Gasteiger partial charge in [0.1, 0.15) is 6.10 Å². The maximum Gasteiger partial charge on any atom is 0.310 e. The Labute approximate surface area is 179 Å². The van der Waals surface area contributed by atoms with Crippen molar-refractivity contribution < 1.29 is 23.8 Å². The van der Waals surface area contributed by atoms with E-state index in [0.717, 1.165) is 44.9 Å². The van der Waals surface area contributed by atoms with Crippen LogP contribution < -0.4 is 0 Å². The zero-order valence-corrected chi connectivity index (χ0v) is 19.5. The van der Waals surface area contributed by atoms with E-state index in [-0.39, 0.29) is 24.0 Å². The third kappa shape index (κ3) is 17.5. The molecule has 0 fully saturated rings. The third-order valence-corrected chi connectivity index (χ3v) is 5.15. The average molecular weight is 415 g/mol. The van der Waals surface area contributed by atoms with Crippen molar-refractivity contribution in [2.45, 2.75) is 117 Å². The van der Waals surface area contributed by atoms with Crippen LogP contribution in [0.2, 0.25) is 0 Å². The van der Waals surface area contributed by atoms with E-state index in [1.807, 2.05) is 0 Å². The predicted octanol–water partition coefficient (Wildman–Crippen LogP) is 6.23. The first-order valence-electron chi connectivity index (χ1n) is 11.9. The number of esters is 2. The van der Waals surface area contributed by atoms with Crippen LogP contribution in [0.25, 0.3) is 0 Å². The van der Waals surface area contributed by atoms with Crippen molar-refractivity contribution in [3.8, 4) is 0 Å². The van der Waals surface area contributed by atoms with E-state index in [4.69, 9.17) is 14.2 Å². The second-order valence-electron chi connectivity index (χ2n) is 8.15. The van der Waals surface area contributed by atoms with Crippen LogP contribution in [0, 0.1) is 5.92 Å². The molecule has 0 amide bonds. The van der Waals surface area contributed by atoms with Gasteiger partial charge in [-0.2, -0.15) is 0 Å². The van der Waals surface area contributed by atoms with E-state index in [2.05, 4.69) is 13.8 Å².